The standard InChI is InChI=1S/C22H34N3O3P/c1-21(2,3)16-28-29(27,22(4,5)6)25-13-11-18(12-14-25)24-20(26)17-9-8-10-19(15-17)23-7/h8-10,15,18H,11-14,16H2,1-6H3,(H,24,26). The number of hydrogen-bond acceptors (Lipinski definition) is 3. The van der Waals surface area contributed by atoms with E-state index in [2.05, 4.69) is 30.9 Å². The van der Waals surface area contributed by atoms with Crippen LogP contribution < -0.4 is 5.32 Å². The molecule has 0 saturated carbocycles. The fraction of sp³-hybridized carbons (Fsp3) is 0.636. The largest absolute Gasteiger partial charge is 0.349 e. The maximum absolute atomic E-state index is 13.8. The predicted octanol–water partition coefficient (Wildman–Crippen LogP) is 5.49. The van der Waals surface area contributed by atoms with Crippen molar-refractivity contribution in [3.05, 3.63) is 41.2 Å². The fourth-order valence-corrected chi connectivity index (χ4v) is 5.96. The molecule has 160 valence electrons. The molecule has 0 radical (unpaired) electrons. The summed E-state index contributed by atoms with van der Waals surface area (Å²) < 4.78 is 21.9. The third-order valence-electron chi connectivity index (χ3n) is 4.94. The highest BCUT2D eigenvalue weighted by Crippen LogP contribution is 2.62. The summed E-state index contributed by atoms with van der Waals surface area (Å²) in [6.45, 7) is 20.9. The van der Waals surface area contributed by atoms with Crippen molar-refractivity contribution in [3.8, 4) is 0 Å². The van der Waals surface area contributed by atoms with Crippen molar-refractivity contribution in [2.24, 2.45) is 5.41 Å². The first-order valence-electron chi connectivity index (χ1n) is 10.1. The van der Waals surface area contributed by atoms with Gasteiger partial charge in [-0.1, -0.05) is 39.0 Å². The van der Waals surface area contributed by atoms with Crippen molar-refractivity contribution in [1.82, 2.24) is 9.99 Å². The molecule has 0 spiro atoms. The van der Waals surface area contributed by atoms with Crippen LogP contribution in [0.15, 0.2) is 24.3 Å². The third kappa shape index (κ3) is 6.15. The molecule has 1 fully saturated rings. The fourth-order valence-electron chi connectivity index (χ4n) is 3.24. The lowest BCUT2D eigenvalue weighted by Gasteiger charge is -2.43. The molecular weight excluding hydrogens is 385 g/mol. The van der Waals surface area contributed by atoms with Crippen LogP contribution in [0.3, 0.4) is 0 Å². The maximum atomic E-state index is 13.8. The zero-order valence-electron chi connectivity index (χ0n) is 18.5. The second-order valence-corrected chi connectivity index (χ2v) is 13.1. The molecule has 1 heterocycles. The van der Waals surface area contributed by atoms with Crippen LogP contribution in [-0.4, -0.2) is 41.5 Å². The van der Waals surface area contributed by atoms with Gasteiger partial charge in [-0.25, -0.2) is 9.52 Å². The van der Waals surface area contributed by atoms with E-state index >= 15 is 0 Å². The molecule has 0 aromatic heterocycles. The first-order chi connectivity index (χ1) is 13.4. The van der Waals surface area contributed by atoms with Gasteiger partial charge in [0.25, 0.3) is 7.52 Å². The Kier molecular flexibility index (Phi) is 7.32. The molecule has 1 saturated heterocycles. The Hall–Kier alpha value is -1.67. The second kappa shape index (κ2) is 9.00. The van der Waals surface area contributed by atoms with E-state index in [1.807, 2.05) is 25.4 Å². The van der Waals surface area contributed by atoms with Crippen LogP contribution in [0.2, 0.25) is 0 Å². The minimum atomic E-state index is -3.02. The van der Waals surface area contributed by atoms with Gasteiger partial charge in [-0.2, -0.15) is 0 Å². The number of rotatable bonds is 5. The Balaban J connectivity index is 2.01. The monoisotopic (exact) mass is 419 g/mol. The van der Waals surface area contributed by atoms with E-state index in [4.69, 9.17) is 11.1 Å². The van der Waals surface area contributed by atoms with Crippen LogP contribution in [-0.2, 0) is 9.09 Å². The third-order valence-corrected chi connectivity index (χ3v) is 8.26. The molecule has 0 bridgehead atoms. The molecule has 1 aliphatic rings. The average Bonchev–Trinajstić information content (AvgIpc) is 2.65. The minimum Gasteiger partial charge on any atom is -0.349 e. The molecule has 1 aromatic rings. The molecule has 6 nitrogen and oxygen atoms in total. The minimum absolute atomic E-state index is 0.0198. The lowest BCUT2D eigenvalue weighted by Crippen LogP contribution is -2.45. The molecular formula is C22H34N3O3P. The number of piperidine rings is 1. The molecule has 29 heavy (non-hydrogen) atoms. The Morgan fingerprint density at radius 3 is 2.38 bits per heavy atom. The number of hydrogen-bond donors (Lipinski definition) is 1. The summed E-state index contributed by atoms with van der Waals surface area (Å²) >= 11 is 0. The average molecular weight is 420 g/mol. The molecule has 1 unspecified atom stereocenters. The zero-order chi connectivity index (χ0) is 21.9. The SMILES string of the molecule is [C-]#[N+]c1cccc(C(=O)NC2CCN(P(=O)(OCC(C)(C)C)C(C)(C)C)CC2)c1. The highest BCUT2D eigenvalue weighted by molar-refractivity contribution is 7.58. The highest BCUT2D eigenvalue weighted by Gasteiger charge is 2.45. The second-order valence-electron chi connectivity index (χ2n) is 9.89. The first kappa shape index (κ1) is 23.6. The maximum Gasteiger partial charge on any atom is 0.277 e. The molecule has 1 amide bonds. The van der Waals surface area contributed by atoms with E-state index in [-0.39, 0.29) is 17.4 Å². The van der Waals surface area contributed by atoms with Gasteiger partial charge in [-0.3, -0.25) is 9.36 Å². The number of carbonyl (C=O) groups excluding carboxylic acids is 1. The van der Waals surface area contributed by atoms with Crippen LogP contribution in [0.5, 0.6) is 0 Å². The lowest BCUT2D eigenvalue weighted by atomic mass is 9.99. The van der Waals surface area contributed by atoms with Crippen molar-refractivity contribution >= 4 is 19.1 Å². The van der Waals surface area contributed by atoms with Crippen LogP contribution >= 0.6 is 7.52 Å². The molecule has 1 atom stereocenters. The predicted molar refractivity (Wildman–Crippen MR) is 118 cm³/mol. The Bertz CT molecular complexity index is 810. The van der Waals surface area contributed by atoms with Crippen molar-refractivity contribution in [2.45, 2.75) is 65.6 Å². The molecule has 2 rings (SSSR count). The van der Waals surface area contributed by atoms with E-state index in [1.54, 1.807) is 24.3 Å². The van der Waals surface area contributed by atoms with Gasteiger partial charge in [-0.05, 0) is 45.1 Å². The Labute approximate surface area is 175 Å². The lowest BCUT2D eigenvalue weighted by molar-refractivity contribution is 0.0919. The van der Waals surface area contributed by atoms with Gasteiger partial charge in [0.05, 0.1) is 18.3 Å². The van der Waals surface area contributed by atoms with Gasteiger partial charge in [0.1, 0.15) is 0 Å². The first-order valence-corrected chi connectivity index (χ1v) is 11.7. The normalized spacial score (nSPS) is 18.7. The smallest absolute Gasteiger partial charge is 0.277 e. The molecule has 1 N–H and O–H groups in total. The summed E-state index contributed by atoms with van der Waals surface area (Å²) in [5, 5.41) is 2.58. The summed E-state index contributed by atoms with van der Waals surface area (Å²) in [6.07, 6.45) is 1.43. The Morgan fingerprint density at radius 1 is 1.24 bits per heavy atom. The molecule has 0 aliphatic carbocycles. The van der Waals surface area contributed by atoms with Gasteiger partial charge < -0.3 is 9.84 Å². The Morgan fingerprint density at radius 2 is 1.86 bits per heavy atom. The van der Waals surface area contributed by atoms with E-state index in [0.717, 1.165) is 0 Å². The van der Waals surface area contributed by atoms with Gasteiger partial charge in [0.2, 0.25) is 5.91 Å². The van der Waals surface area contributed by atoms with E-state index in [1.165, 1.54) is 0 Å². The van der Waals surface area contributed by atoms with Gasteiger partial charge in [0.15, 0.2) is 5.69 Å². The summed E-state index contributed by atoms with van der Waals surface area (Å²) in [5.74, 6) is -0.170. The van der Waals surface area contributed by atoms with E-state index in [9.17, 15) is 9.36 Å². The summed E-state index contributed by atoms with van der Waals surface area (Å²) in [5.41, 5.74) is 0.886. The van der Waals surface area contributed by atoms with Crippen molar-refractivity contribution in [3.63, 3.8) is 0 Å². The van der Waals surface area contributed by atoms with Gasteiger partial charge >= 0.3 is 0 Å². The van der Waals surface area contributed by atoms with Crippen LogP contribution in [0.4, 0.5) is 5.69 Å². The molecule has 7 heteroatoms. The number of nitrogens with one attached hydrogen (secondary N) is 1. The van der Waals surface area contributed by atoms with Crippen LogP contribution in [0.1, 0.15) is 64.7 Å². The van der Waals surface area contributed by atoms with Gasteiger partial charge in [-0.15, -0.1) is 0 Å². The van der Waals surface area contributed by atoms with E-state index < -0.39 is 12.7 Å². The van der Waals surface area contributed by atoms with Gasteiger partial charge in [0, 0.05) is 24.7 Å². The highest BCUT2D eigenvalue weighted by atomic mass is 31.2. The number of benzene rings is 1. The zero-order valence-corrected chi connectivity index (χ0v) is 19.4. The molecule has 1 aromatic carbocycles. The number of carbonyl (C=O) groups is 1. The number of amides is 1. The topological polar surface area (TPSA) is 63.0 Å². The summed E-state index contributed by atoms with van der Waals surface area (Å²) in [7, 11) is -3.02. The van der Waals surface area contributed by atoms with E-state index in [0.29, 0.717) is 43.8 Å². The van der Waals surface area contributed by atoms with Crippen molar-refractivity contribution in [2.75, 3.05) is 19.7 Å². The summed E-state index contributed by atoms with van der Waals surface area (Å²) in [6, 6.07) is 6.74. The van der Waals surface area contributed by atoms with Crippen LogP contribution in [0.25, 0.3) is 4.85 Å². The van der Waals surface area contributed by atoms with Crippen molar-refractivity contribution < 1.29 is 13.9 Å². The summed E-state index contributed by atoms with van der Waals surface area (Å²) in [4.78, 5) is 15.9. The van der Waals surface area contributed by atoms with Crippen LogP contribution in [0, 0.1) is 12.0 Å². The van der Waals surface area contributed by atoms with Crippen molar-refractivity contribution in [1.29, 1.82) is 0 Å². The number of nitrogens with zero attached hydrogens (tertiary/aromatic N) is 2. The molecule has 1 aliphatic heterocycles. The quantitative estimate of drug-likeness (QED) is 0.507.